The summed E-state index contributed by atoms with van der Waals surface area (Å²) in [6.45, 7) is 2.83. The number of nitrogens with zero attached hydrogens (tertiary/aromatic N) is 1. The second kappa shape index (κ2) is 6.20. The maximum Gasteiger partial charge on any atom is 0.235 e. The molecule has 0 radical (unpaired) electrons. The van der Waals surface area contributed by atoms with Crippen molar-refractivity contribution in [1.82, 2.24) is 0 Å². The van der Waals surface area contributed by atoms with Crippen LogP contribution in [0.15, 0.2) is 42.5 Å². The lowest BCUT2D eigenvalue weighted by atomic mass is 9.78. The van der Waals surface area contributed by atoms with Crippen LogP contribution in [0, 0.1) is 0 Å². The van der Waals surface area contributed by atoms with Gasteiger partial charge in [0.25, 0.3) is 0 Å². The van der Waals surface area contributed by atoms with Crippen LogP contribution in [-0.2, 0) is 15.4 Å². The van der Waals surface area contributed by atoms with Gasteiger partial charge < -0.3 is 9.47 Å². The third-order valence-corrected chi connectivity index (χ3v) is 7.17. The van der Waals surface area contributed by atoms with Gasteiger partial charge in [0, 0.05) is 11.6 Å². The van der Waals surface area contributed by atoms with Crippen LogP contribution in [0.4, 0.5) is 5.69 Å². The first-order chi connectivity index (χ1) is 12.5. The Bertz CT molecular complexity index is 941. The Morgan fingerprint density at radius 3 is 2.77 bits per heavy atom. The van der Waals surface area contributed by atoms with E-state index in [2.05, 4.69) is 0 Å². The molecule has 6 heteroatoms. The van der Waals surface area contributed by atoms with Gasteiger partial charge in [0.1, 0.15) is 18.1 Å². The van der Waals surface area contributed by atoms with Gasteiger partial charge in [0.15, 0.2) is 0 Å². The van der Waals surface area contributed by atoms with Gasteiger partial charge in [-0.15, -0.1) is 0 Å². The van der Waals surface area contributed by atoms with Crippen LogP contribution in [0.2, 0.25) is 0 Å². The van der Waals surface area contributed by atoms with Crippen molar-refractivity contribution in [3.05, 3.63) is 53.6 Å². The fourth-order valence-electron chi connectivity index (χ4n) is 3.97. The SMILES string of the molecule is CCCCS(=O)(=O)N1CC2(COc3cc(OC)ccc32)c2ccccc21. The number of benzene rings is 2. The molecular weight excluding hydrogens is 350 g/mol. The first-order valence-corrected chi connectivity index (χ1v) is 10.5. The van der Waals surface area contributed by atoms with E-state index in [0.717, 1.165) is 34.7 Å². The fraction of sp³-hybridized carbons (Fsp3) is 0.400. The predicted molar refractivity (Wildman–Crippen MR) is 102 cm³/mol. The van der Waals surface area contributed by atoms with Crippen LogP contribution in [0.25, 0.3) is 0 Å². The molecule has 0 saturated heterocycles. The largest absolute Gasteiger partial charge is 0.497 e. The van der Waals surface area contributed by atoms with E-state index in [0.29, 0.717) is 19.6 Å². The number of rotatable bonds is 5. The molecule has 4 rings (SSSR count). The summed E-state index contributed by atoms with van der Waals surface area (Å²) >= 11 is 0. The van der Waals surface area contributed by atoms with Crippen LogP contribution in [0.5, 0.6) is 11.5 Å². The van der Waals surface area contributed by atoms with Crippen molar-refractivity contribution in [2.45, 2.75) is 25.2 Å². The molecule has 26 heavy (non-hydrogen) atoms. The molecule has 2 aromatic rings. The number of anilines is 1. The Balaban J connectivity index is 1.82. The van der Waals surface area contributed by atoms with E-state index in [4.69, 9.17) is 9.47 Å². The molecule has 0 saturated carbocycles. The van der Waals surface area contributed by atoms with E-state index >= 15 is 0 Å². The van der Waals surface area contributed by atoms with Crippen molar-refractivity contribution in [3.63, 3.8) is 0 Å². The van der Waals surface area contributed by atoms with E-state index < -0.39 is 15.4 Å². The Hall–Kier alpha value is -2.21. The molecule has 1 unspecified atom stereocenters. The van der Waals surface area contributed by atoms with Crippen molar-refractivity contribution in [3.8, 4) is 11.5 Å². The third-order valence-electron chi connectivity index (χ3n) is 5.37. The van der Waals surface area contributed by atoms with E-state index in [1.807, 2.05) is 49.4 Å². The highest BCUT2D eigenvalue weighted by molar-refractivity contribution is 7.92. The highest BCUT2D eigenvalue weighted by Gasteiger charge is 2.52. The Morgan fingerprint density at radius 2 is 2.00 bits per heavy atom. The van der Waals surface area contributed by atoms with Gasteiger partial charge in [-0.1, -0.05) is 37.6 Å². The number of hydrogen-bond acceptors (Lipinski definition) is 4. The quantitative estimate of drug-likeness (QED) is 0.807. The molecular formula is C20H23NO4S. The number of unbranched alkanes of at least 4 members (excludes halogenated alkanes) is 1. The lowest BCUT2D eigenvalue weighted by molar-refractivity contribution is 0.300. The zero-order valence-corrected chi connectivity index (χ0v) is 15.9. The van der Waals surface area contributed by atoms with Crippen molar-refractivity contribution in [1.29, 1.82) is 0 Å². The number of para-hydroxylation sites is 1. The summed E-state index contributed by atoms with van der Waals surface area (Å²) in [5, 5.41) is 0. The predicted octanol–water partition coefficient (Wildman–Crippen LogP) is 3.32. The third kappa shape index (κ3) is 2.47. The summed E-state index contributed by atoms with van der Waals surface area (Å²) in [6.07, 6.45) is 1.52. The first kappa shape index (κ1) is 17.2. The van der Waals surface area contributed by atoms with E-state index in [1.165, 1.54) is 0 Å². The minimum atomic E-state index is -3.36. The van der Waals surface area contributed by atoms with Crippen LogP contribution >= 0.6 is 0 Å². The molecule has 2 aromatic carbocycles. The highest BCUT2D eigenvalue weighted by atomic mass is 32.2. The molecule has 1 spiro atoms. The van der Waals surface area contributed by atoms with Gasteiger partial charge in [-0.3, -0.25) is 4.31 Å². The molecule has 5 nitrogen and oxygen atoms in total. The second-order valence-corrected chi connectivity index (χ2v) is 8.94. The Morgan fingerprint density at radius 1 is 1.19 bits per heavy atom. The number of fused-ring (bicyclic) bond motifs is 4. The van der Waals surface area contributed by atoms with E-state index in [9.17, 15) is 8.42 Å². The normalized spacial score (nSPS) is 20.8. The summed E-state index contributed by atoms with van der Waals surface area (Å²) in [5.41, 5.74) is 2.36. The molecule has 138 valence electrons. The van der Waals surface area contributed by atoms with Crippen LogP contribution < -0.4 is 13.8 Å². The van der Waals surface area contributed by atoms with Gasteiger partial charge in [0.2, 0.25) is 10.0 Å². The molecule has 0 N–H and O–H groups in total. The number of ether oxygens (including phenoxy) is 2. The summed E-state index contributed by atoms with van der Waals surface area (Å²) in [5.74, 6) is 1.68. The van der Waals surface area contributed by atoms with Gasteiger partial charge in [-0.25, -0.2) is 8.42 Å². The number of hydrogen-bond donors (Lipinski definition) is 0. The highest BCUT2D eigenvalue weighted by Crippen LogP contribution is 2.52. The molecule has 0 aliphatic carbocycles. The summed E-state index contributed by atoms with van der Waals surface area (Å²) in [6, 6.07) is 13.6. The molecule has 1 atom stereocenters. The zero-order valence-electron chi connectivity index (χ0n) is 15.1. The zero-order chi connectivity index (χ0) is 18.4. The maximum atomic E-state index is 13.0. The van der Waals surface area contributed by atoms with Gasteiger partial charge in [-0.2, -0.15) is 0 Å². The molecule has 2 heterocycles. The van der Waals surface area contributed by atoms with E-state index in [1.54, 1.807) is 11.4 Å². The lowest BCUT2D eigenvalue weighted by Gasteiger charge is -2.24. The molecule has 0 fully saturated rings. The molecule has 2 aliphatic rings. The lowest BCUT2D eigenvalue weighted by Crippen LogP contribution is -2.39. The number of methoxy groups -OCH3 is 1. The van der Waals surface area contributed by atoms with Crippen molar-refractivity contribution < 1.29 is 17.9 Å². The summed E-state index contributed by atoms with van der Waals surface area (Å²) < 4.78 is 38.8. The first-order valence-electron chi connectivity index (χ1n) is 8.93. The summed E-state index contributed by atoms with van der Waals surface area (Å²) in [4.78, 5) is 0. The molecule has 0 bridgehead atoms. The minimum absolute atomic E-state index is 0.171. The molecule has 2 aliphatic heterocycles. The smallest absolute Gasteiger partial charge is 0.235 e. The standard InChI is InChI=1S/C20H23NO4S/c1-3-4-11-26(22,23)21-13-20(16-7-5-6-8-18(16)21)14-25-19-12-15(24-2)9-10-17(19)20/h5-10,12H,3-4,11,13-14H2,1-2H3. The molecule has 0 amide bonds. The maximum absolute atomic E-state index is 13.0. The van der Waals surface area contributed by atoms with Gasteiger partial charge >= 0.3 is 0 Å². The topological polar surface area (TPSA) is 55.8 Å². The van der Waals surface area contributed by atoms with Crippen LogP contribution in [0.3, 0.4) is 0 Å². The van der Waals surface area contributed by atoms with E-state index in [-0.39, 0.29) is 5.75 Å². The Kier molecular flexibility index (Phi) is 4.10. The van der Waals surface area contributed by atoms with Crippen molar-refractivity contribution in [2.75, 3.05) is 30.3 Å². The second-order valence-electron chi connectivity index (χ2n) is 6.93. The average Bonchev–Trinajstić information content (AvgIpc) is 3.20. The average molecular weight is 373 g/mol. The van der Waals surface area contributed by atoms with Crippen LogP contribution in [-0.4, -0.2) is 34.4 Å². The van der Waals surface area contributed by atoms with Gasteiger partial charge in [0.05, 0.1) is 30.5 Å². The van der Waals surface area contributed by atoms with Gasteiger partial charge in [-0.05, 0) is 24.1 Å². The van der Waals surface area contributed by atoms with Crippen LogP contribution in [0.1, 0.15) is 30.9 Å². The molecule has 0 aromatic heterocycles. The monoisotopic (exact) mass is 373 g/mol. The Labute approximate surface area is 154 Å². The van der Waals surface area contributed by atoms with Crippen molar-refractivity contribution in [2.24, 2.45) is 0 Å². The minimum Gasteiger partial charge on any atom is -0.497 e. The fourth-order valence-corrected chi connectivity index (χ4v) is 5.72. The van der Waals surface area contributed by atoms with Crippen molar-refractivity contribution >= 4 is 15.7 Å². The summed E-state index contributed by atoms with van der Waals surface area (Å²) in [7, 11) is -1.74. The number of sulfonamides is 1.